The maximum Gasteiger partial charge on any atom is 0.194 e. The summed E-state index contributed by atoms with van der Waals surface area (Å²) in [4.78, 5) is 7.92. The molecule has 8 nitrogen and oxygen atoms in total. The third-order valence-electron chi connectivity index (χ3n) is 1.65. The van der Waals surface area contributed by atoms with Crippen LogP contribution in [-0.4, -0.2) is 42.0 Å². The smallest absolute Gasteiger partial charge is 0.194 e. The van der Waals surface area contributed by atoms with Crippen LogP contribution in [0.2, 0.25) is 0 Å². The molecule has 0 aromatic carbocycles. The minimum absolute atomic E-state index is 0.508. The van der Waals surface area contributed by atoms with Gasteiger partial charge in [0.1, 0.15) is 12.7 Å². The third kappa shape index (κ3) is 2.56. The Morgan fingerprint density at radius 2 is 1.38 bits per heavy atom. The molecule has 0 aliphatic rings. The van der Waals surface area contributed by atoms with Crippen LogP contribution in [0.1, 0.15) is 11.6 Å². The van der Waals surface area contributed by atoms with E-state index in [0.717, 1.165) is 0 Å². The molecule has 0 aliphatic heterocycles. The van der Waals surface area contributed by atoms with Gasteiger partial charge in [0.05, 0.1) is 12.4 Å². The molecular weight excluding hydrogens is 208 g/mol. The quantitative estimate of drug-likeness (QED) is 0.508. The van der Waals surface area contributed by atoms with E-state index >= 15 is 0 Å². The van der Waals surface area contributed by atoms with E-state index in [0.29, 0.717) is 11.6 Å². The topological polar surface area (TPSA) is 86.1 Å². The normalized spacial score (nSPS) is 11.9. The molecule has 0 atom stereocenters. The van der Waals surface area contributed by atoms with Crippen LogP contribution in [0, 0.1) is 0 Å². The highest BCUT2D eigenvalue weighted by Gasteiger charge is 1.93. The zero-order valence-electron chi connectivity index (χ0n) is 8.89. The predicted molar refractivity (Wildman–Crippen MR) is 57.2 cm³/mol. The van der Waals surface area contributed by atoms with E-state index in [1.54, 1.807) is 36.1 Å². The standard InChI is InChI=1S/C8H10N8/c1-15-5-9-7(13-15)3-11-12-4-8-10-6-16(2)14-8/h3-6H,1-2H3. The average molecular weight is 218 g/mol. The molecule has 2 heterocycles. The lowest BCUT2D eigenvalue weighted by atomic mass is 10.7. The molecule has 8 heteroatoms. The van der Waals surface area contributed by atoms with Crippen LogP contribution in [0.3, 0.4) is 0 Å². The molecule has 2 rings (SSSR count). The van der Waals surface area contributed by atoms with E-state index in [1.807, 2.05) is 0 Å². The Morgan fingerprint density at radius 1 is 0.938 bits per heavy atom. The van der Waals surface area contributed by atoms with Crippen LogP contribution in [0.4, 0.5) is 0 Å². The van der Waals surface area contributed by atoms with Gasteiger partial charge in [-0.25, -0.2) is 9.97 Å². The van der Waals surface area contributed by atoms with Gasteiger partial charge in [-0.1, -0.05) is 0 Å². The molecule has 0 bridgehead atoms. The van der Waals surface area contributed by atoms with Gasteiger partial charge >= 0.3 is 0 Å². The lowest BCUT2D eigenvalue weighted by Crippen LogP contribution is -1.91. The monoisotopic (exact) mass is 218 g/mol. The largest absolute Gasteiger partial charge is 0.255 e. The first-order chi connectivity index (χ1) is 7.74. The number of rotatable bonds is 3. The number of hydrogen-bond acceptors (Lipinski definition) is 6. The molecule has 0 amide bonds. The van der Waals surface area contributed by atoms with E-state index in [1.165, 1.54) is 12.4 Å². The molecule has 0 unspecified atom stereocenters. The van der Waals surface area contributed by atoms with Crippen molar-refractivity contribution in [1.29, 1.82) is 0 Å². The Kier molecular flexibility index (Phi) is 2.81. The van der Waals surface area contributed by atoms with Crippen molar-refractivity contribution in [3.63, 3.8) is 0 Å². The van der Waals surface area contributed by atoms with Gasteiger partial charge in [-0.3, -0.25) is 9.36 Å². The fourth-order valence-corrected chi connectivity index (χ4v) is 1.00. The summed E-state index contributed by atoms with van der Waals surface area (Å²) >= 11 is 0. The molecule has 0 N–H and O–H groups in total. The van der Waals surface area contributed by atoms with Crippen molar-refractivity contribution in [2.45, 2.75) is 0 Å². The van der Waals surface area contributed by atoms with Crippen LogP contribution < -0.4 is 0 Å². The van der Waals surface area contributed by atoms with Gasteiger partial charge in [-0.15, -0.1) is 0 Å². The lowest BCUT2D eigenvalue weighted by Gasteiger charge is -1.81. The summed E-state index contributed by atoms with van der Waals surface area (Å²) in [5.41, 5.74) is 0. The molecule has 0 radical (unpaired) electrons. The van der Waals surface area contributed by atoms with Crippen molar-refractivity contribution in [3.8, 4) is 0 Å². The summed E-state index contributed by atoms with van der Waals surface area (Å²) in [5.74, 6) is 1.02. The summed E-state index contributed by atoms with van der Waals surface area (Å²) in [7, 11) is 3.57. The highest BCUT2D eigenvalue weighted by molar-refractivity contribution is 5.77. The molecule has 82 valence electrons. The van der Waals surface area contributed by atoms with Gasteiger partial charge in [0.25, 0.3) is 0 Å². The van der Waals surface area contributed by atoms with Gasteiger partial charge in [-0.05, 0) is 0 Å². The maximum atomic E-state index is 4.01. The third-order valence-corrected chi connectivity index (χ3v) is 1.65. The van der Waals surface area contributed by atoms with Crippen LogP contribution in [-0.2, 0) is 14.1 Å². The molecule has 0 saturated heterocycles. The van der Waals surface area contributed by atoms with Crippen LogP contribution in [0.5, 0.6) is 0 Å². The van der Waals surface area contributed by atoms with E-state index in [-0.39, 0.29) is 0 Å². The Bertz CT molecular complexity index is 471. The summed E-state index contributed by atoms with van der Waals surface area (Å²) in [6, 6.07) is 0. The number of hydrogen-bond donors (Lipinski definition) is 0. The molecule has 16 heavy (non-hydrogen) atoms. The zero-order valence-corrected chi connectivity index (χ0v) is 8.89. The molecule has 0 fully saturated rings. The van der Waals surface area contributed by atoms with Gasteiger partial charge < -0.3 is 0 Å². The van der Waals surface area contributed by atoms with Gasteiger partial charge in [-0.2, -0.15) is 20.4 Å². The second-order valence-electron chi connectivity index (χ2n) is 3.04. The maximum absolute atomic E-state index is 4.01. The molecule has 0 spiro atoms. The first-order valence-electron chi connectivity index (χ1n) is 4.52. The second-order valence-corrected chi connectivity index (χ2v) is 3.04. The fourth-order valence-electron chi connectivity index (χ4n) is 1.00. The Balaban J connectivity index is 1.96. The zero-order chi connectivity index (χ0) is 11.4. The van der Waals surface area contributed by atoms with Crippen LogP contribution in [0.25, 0.3) is 0 Å². The molecule has 0 saturated carbocycles. The Hall–Kier alpha value is -2.38. The van der Waals surface area contributed by atoms with Crippen molar-refractivity contribution in [1.82, 2.24) is 29.5 Å². The van der Waals surface area contributed by atoms with E-state index in [9.17, 15) is 0 Å². The lowest BCUT2D eigenvalue weighted by molar-refractivity contribution is 0.763. The van der Waals surface area contributed by atoms with Gasteiger partial charge in [0, 0.05) is 14.1 Å². The van der Waals surface area contributed by atoms with Crippen LogP contribution >= 0.6 is 0 Å². The number of aryl methyl sites for hydroxylation is 2. The highest BCUT2D eigenvalue weighted by atomic mass is 15.3. The van der Waals surface area contributed by atoms with Crippen molar-refractivity contribution in [2.75, 3.05) is 0 Å². The Labute approximate surface area is 91.4 Å². The summed E-state index contributed by atoms with van der Waals surface area (Å²) in [6.45, 7) is 0. The molecule has 0 aliphatic carbocycles. The summed E-state index contributed by atoms with van der Waals surface area (Å²) < 4.78 is 3.18. The fraction of sp³-hybridized carbons (Fsp3) is 0.250. The van der Waals surface area contributed by atoms with Crippen molar-refractivity contribution >= 4 is 12.4 Å². The van der Waals surface area contributed by atoms with Crippen molar-refractivity contribution < 1.29 is 0 Å². The minimum Gasteiger partial charge on any atom is -0.255 e. The SMILES string of the molecule is Cn1cnc(C=NN=Cc2ncn(C)n2)n1. The number of nitrogens with zero attached hydrogens (tertiary/aromatic N) is 8. The molecule has 2 aromatic rings. The molecule has 2 aromatic heterocycles. The second kappa shape index (κ2) is 4.43. The van der Waals surface area contributed by atoms with Gasteiger partial charge in [0.15, 0.2) is 11.6 Å². The Morgan fingerprint density at radius 3 is 1.69 bits per heavy atom. The first kappa shape index (κ1) is 10.1. The van der Waals surface area contributed by atoms with Crippen LogP contribution in [0.15, 0.2) is 22.9 Å². The summed E-state index contributed by atoms with van der Waals surface area (Å²) in [5, 5.41) is 15.6. The van der Waals surface area contributed by atoms with E-state index in [4.69, 9.17) is 0 Å². The van der Waals surface area contributed by atoms with Crippen molar-refractivity contribution in [3.05, 3.63) is 24.3 Å². The average Bonchev–Trinajstić information content (AvgIpc) is 2.83. The van der Waals surface area contributed by atoms with E-state index in [2.05, 4.69) is 30.4 Å². The first-order valence-corrected chi connectivity index (χ1v) is 4.52. The molecular formula is C8H10N8. The van der Waals surface area contributed by atoms with Gasteiger partial charge in [0.2, 0.25) is 0 Å². The summed E-state index contributed by atoms with van der Waals surface area (Å²) in [6.07, 6.45) is 6.09. The predicted octanol–water partition coefficient (Wildman–Crippen LogP) is -0.603. The highest BCUT2D eigenvalue weighted by Crippen LogP contribution is 1.85. The van der Waals surface area contributed by atoms with Crippen molar-refractivity contribution in [2.24, 2.45) is 24.3 Å². The minimum atomic E-state index is 0.508. The van der Waals surface area contributed by atoms with E-state index < -0.39 is 0 Å². The number of aromatic nitrogens is 6.